The van der Waals surface area contributed by atoms with E-state index in [-0.39, 0.29) is 0 Å². The summed E-state index contributed by atoms with van der Waals surface area (Å²) >= 11 is 0. The maximum absolute atomic E-state index is 5.49. The van der Waals surface area contributed by atoms with E-state index in [1.807, 2.05) is 12.1 Å². The molecule has 1 heterocycles. The Morgan fingerprint density at radius 1 is 1.00 bits per heavy atom. The van der Waals surface area contributed by atoms with Gasteiger partial charge in [-0.3, -0.25) is 4.90 Å². The molecule has 5 heteroatoms. The smallest absolute Gasteiger partial charge is 0.203 e. The normalized spacial score (nSPS) is 16.2. The van der Waals surface area contributed by atoms with Crippen molar-refractivity contribution in [1.29, 1.82) is 0 Å². The van der Waals surface area contributed by atoms with Crippen LogP contribution in [0, 0.1) is 0 Å². The SMILES string of the molecule is COc1ccc(CN2CCOCC2)c(OC)c1OC. The number of rotatable bonds is 5. The molecule has 106 valence electrons. The second-order valence-electron chi connectivity index (χ2n) is 4.38. The monoisotopic (exact) mass is 267 g/mol. The van der Waals surface area contributed by atoms with Gasteiger partial charge >= 0.3 is 0 Å². The Balaban J connectivity index is 2.23. The third-order valence-corrected chi connectivity index (χ3v) is 3.28. The van der Waals surface area contributed by atoms with Crippen molar-refractivity contribution in [1.82, 2.24) is 4.90 Å². The van der Waals surface area contributed by atoms with Crippen LogP contribution < -0.4 is 14.2 Å². The molecule has 2 rings (SSSR count). The van der Waals surface area contributed by atoms with Crippen molar-refractivity contribution in [3.63, 3.8) is 0 Å². The number of hydrogen-bond acceptors (Lipinski definition) is 5. The minimum Gasteiger partial charge on any atom is -0.493 e. The topological polar surface area (TPSA) is 40.2 Å². The fourth-order valence-electron chi connectivity index (χ4n) is 2.29. The van der Waals surface area contributed by atoms with Crippen LogP contribution in [0.2, 0.25) is 0 Å². The Kier molecular flexibility index (Phi) is 4.87. The molecule has 0 N–H and O–H groups in total. The highest BCUT2D eigenvalue weighted by atomic mass is 16.5. The average molecular weight is 267 g/mol. The third-order valence-electron chi connectivity index (χ3n) is 3.28. The van der Waals surface area contributed by atoms with Crippen LogP contribution in [0.1, 0.15) is 5.56 Å². The van der Waals surface area contributed by atoms with Crippen LogP contribution in [0.25, 0.3) is 0 Å². The van der Waals surface area contributed by atoms with Gasteiger partial charge in [0.1, 0.15) is 0 Å². The van der Waals surface area contributed by atoms with E-state index in [1.165, 1.54) is 0 Å². The van der Waals surface area contributed by atoms with Gasteiger partial charge in [-0.2, -0.15) is 0 Å². The summed E-state index contributed by atoms with van der Waals surface area (Å²) < 4.78 is 21.5. The van der Waals surface area contributed by atoms with Crippen molar-refractivity contribution < 1.29 is 18.9 Å². The van der Waals surface area contributed by atoms with Crippen molar-refractivity contribution in [2.24, 2.45) is 0 Å². The molecule has 1 aromatic rings. The number of morpholine rings is 1. The minimum absolute atomic E-state index is 0.649. The highest BCUT2D eigenvalue weighted by Crippen LogP contribution is 2.40. The standard InChI is InChI=1S/C14H21NO4/c1-16-12-5-4-11(13(17-2)14(12)18-3)10-15-6-8-19-9-7-15/h4-5H,6-10H2,1-3H3. The summed E-state index contributed by atoms with van der Waals surface area (Å²) in [5.41, 5.74) is 1.10. The van der Waals surface area contributed by atoms with Gasteiger partial charge in [0.05, 0.1) is 34.5 Å². The Morgan fingerprint density at radius 3 is 2.26 bits per heavy atom. The molecule has 0 unspecified atom stereocenters. The Bertz CT molecular complexity index is 416. The first-order valence-electron chi connectivity index (χ1n) is 6.38. The third kappa shape index (κ3) is 3.11. The molecule has 0 atom stereocenters. The quantitative estimate of drug-likeness (QED) is 0.809. The fourth-order valence-corrected chi connectivity index (χ4v) is 2.29. The molecular formula is C14H21NO4. The lowest BCUT2D eigenvalue weighted by atomic mass is 10.1. The van der Waals surface area contributed by atoms with Gasteiger partial charge in [0.15, 0.2) is 11.5 Å². The predicted molar refractivity (Wildman–Crippen MR) is 72.2 cm³/mol. The first-order valence-corrected chi connectivity index (χ1v) is 6.38. The minimum atomic E-state index is 0.649. The molecule has 1 aromatic carbocycles. The molecule has 0 bridgehead atoms. The van der Waals surface area contributed by atoms with Crippen LogP contribution in [0.4, 0.5) is 0 Å². The molecule has 0 radical (unpaired) electrons. The molecule has 1 fully saturated rings. The molecule has 0 spiro atoms. The average Bonchev–Trinajstić information content (AvgIpc) is 2.47. The van der Waals surface area contributed by atoms with Crippen molar-refractivity contribution in [3.8, 4) is 17.2 Å². The van der Waals surface area contributed by atoms with Crippen LogP contribution in [0.3, 0.4) is 0 Å². The highest BCUT2D eigenvalue weighted by molar-refractivity contribution is 5.55. The summed E-state index contributed by atoms with van der Waals surface area (Å²) in [7, 11) is 4.90. The molecule has 0 aliphatic carbocycles. The van der Waals surface area contributed by atoms with Crippen molar-refractivity contribution in [3.05, 3.63) is 17.7 Å². The fraction of sp³-hybridized carbons (Fsp3) is 0.571. The second-order valence-corrected chi connectivity index (χ2v) is 4.38. The summed E-state index contributed by atoms with van der Waals surface area (Å²) in [6, 6.07) is 3.94. The number of benzene rings is 1. The molecule has 0 amide bonds. The van der Waals surface area contributed by atoms with Gasteiger partial charge in [-0.15, -0.1) is 0 Å². The van der Waals surface area contributed by atoms with Crippen LogP contribution in [-0.2, 0) is 11.3 Å². The Morgan fingerprint density at radius 2 is 1.68 bits per heavy atom. The van der Waals surface area contributed by atoms with Gasteiger partial charge in [0.25, 0.3) is 0 Å². The number of hydrogen-bond donors (Lipinski definition) is 0. The number of methoxy groups -OCH3 is 3. The van der Waals surface area contributed by atoms with E-state index in [0.717, 1.165) is 44.2 Å². The molecule has 0 saturated carbocycles. The largest absolute Gasteiger partial charge is 0.493 e. The van der Waals surface area contributed by atoms with E-state index in [9.17, 15) is 0 Å². The molecule has 1 aliphatic heterocycles. The summed E-state index contributed by atoms with van der Waals surface area (Å²) in [4.78, 5) is 2.34. The first-order chi connectivity index (χ1) is 9.30. The second kappa shape index (κ2) is 6.63. The number of nitrogens with zero attached hydrogens (tertiary/aromatic N) is 1. The lowest BCUT2D eigenvalue weighted by Crippen LogP contribution is -2.35. The van der Waals surface area contributed by atoms with Gasteiger partial charge in [-0.1, -0.05) is 6.07 Å². The van der Waals surface area contributed by atoms with Crippen LogP contribution in [-0.4, -0.2) is 52.5 Å². The summed E-state index contributed by atoms with van der Waals surface area (Å²) in [6.07, 6.45) is 0. The maximum atomic E-state index is 5.49. The molecule has 1 aliphatic rings. The van der Waals surface area contributed by atoms with Crippen LogP contribution in [0.15, 0.2) is 12.1 Å². The van der Waals surface area contributed by atoms with Gasteiger partial charge in [-0.25, -0.2) is 0 Å². The highest BCUT2D eigenvalue weighted by Gasteiger charge is 2.18. The Hall–Kier alpha value is -1.46. The van der Waals surface area contributed by atoms with Crippen molar-refractivity contribution >= 4 is 0 Å². The molecular weight excluding hydrogens is 246 g/mol. The van der Waals surface area contributed by atoms with Crippen LogP contribution >= 0.6 is 0 Å². The number of ether oxygens (including phenoxy) is 4. The Labute approximate surface area is 114 Å². The lowest BCUT2D eigenvalue weighted by Gasteiger charge is -2.27. The molecule has 0 aromatic heterocycles. The van der Waals surface area contributed by atoms with Crippen molar-refractivity contribution in [2.75, 3.05) is 47.6 Å². The first kappa shape index (κ1) is 14.0. The zero-order valence-corrected chi connectivity index (χ0v) is 11.8. The molecule has 1 saturated heterocycles. The zero-order valence-electron chi connectivity index (χ0n) is 11.8. The van der Waals surface area contributed by atoms with E-state index < -0.39 is 0 Å². The van der Waals surface area contributed by atoms with Gasteiger partial charge in [-0.05, 0) is 6.07 Å². The summed E-state index contributed by atoms with van der Waals surface area (Å²) in [5, 5.41) is 0. The van der Waals surface area contributed by atoms with E-state index in [4.69, 9.17) is 18.9 Å². The van der Waals surface area contributed by atoms with Gasteiger partial charge in [0, 0.05) is 25.2 Å². The summed E-state index contributed by atoms with van der Waals surface area (Å²) in [5.74, 6) is 2.08. The predicted octanol–water partition coefficient (Wildman–Crippen LogP) is 1.54. The van der Waals surface area contributed by atoms with E-state index >= 15 is 0 Å². The van der Waals surface area contributed by atoms with E-state index in [1.54, 1.807) is 21.3 Å². The van der Waals surface area contributed by atoms with Crippen molar-refractivity contribution in [2.45, 2.75) is 6.54 Å². The van der Waals surface area contributed by atoms with E-state index in [2.05, 4.69) is 4.90 Å². The molecule has 5 nitrogen and oxygen atoms in total. The molecule has 19 heavy (non-hydrogen) atoms. The summed E-state index contributed by atoms with van der Waals surface area (Å²) in [6.45, 7) is 4.28. The van der Waals surface area contributed by atoms with Crippen LogP contribution in [0.5, 0.6) is 17.2 Å². The van der Waals surface area contributed by atoms with E-state index in [0.29, 0.717) is 11.5 Å². The zero-order chi connectivity index (χ0) is 13.7. The lowest BCUT2D eigenvalue weighted by molar-refractivity contribution is 0.0338. The van der Waals surface area contributed by atoms with Gasteiger partial charge in [0.2, 0.25) is 5.75 Å². The maximum Gasteiger partial charge on any atom is 0.203 e. The van der Waals surface area contributed by atoms with Gasteiger partial charge < -0.3 is 18.9 Å².